The topological polar surface area (TPSA) is 92.9 Å². The summed E-state index contributed by atoms with van der Waals surface area (Å²) < 4.78 is 18.7. The highest BCUT2D eigenvalue weighted by Crippen LogP contribution is 2.30. The van der Waals surface area contributed by atoms with E-state index in [-0.39, 0.29) is 12.4 Å². The highest BCUT2D eigenvalue weighted by Gasteiger charge is 2.22. The Bertz CT molecular complexity index is 519. The van der Waals surface area contributed by atoms with Gasteiger partial charge in [-0.1, -0.05) is 0 Å². The van der Waals surface area contributed by atoms with Crippen LogP contribution in [0.4, 0.5) is 10.1 Å². The van der Waals surface area contributed by atoms with E-state index < -0.39 is 28.0 Å². The third-order valence-electron chi connectivity index (χ3n) is 2.48. The molecule has 0 atom stereocenters. The number of carbonyl (C=O) groups is 1. The molecule has 110 valence electrons. The second-order valence-electron chi connectivity index (χ2n) is 4.37. The summed E-state index contributed by atoms with van der Waals surface area (Å²) in [6, 6.07) is 1.40. The van der Waals surface area contributed by atoms with Gasteiger partial charge in [-0.15, -0.1) is 0 Å². The molecule has 20 heavy (non-hydrogen) atoms. The van der Waals surface area contributed by atoms with Gasteiger partial charge in [0.15, 0.2) is 5.75 Å². The Morgan fingerprint density at radius 2 is 2.15 bits per heavy atom. The van der Waals surface area contributed by atoms with Gasteiger partial charge >= 0.3 is 11.7 Å². The molecule has 0 saturated heterocycles. The van der Waals surface area contributed by atoms with Crippen LogP contribution in [0.3, 0.4) is 0 Å². The Labute approximate surface area is 114 Å². The summed E-state index contributed by atoms with van der Waals surface area (Å²) in [6.45, 7) is 0.883. The first kappa shape index (κ1) is 15.8. The second-order valence-corrected chi connectivity index (χ2v) is 4.37. The summed E-state index contributed by atoms with van der Waals surface area (Å²) in [7, 11) is 3.73. The van der Waals surface area contributed by atoms with Gasteiger partial charge in [0.2, 0.25) is 0 Å². The fourth-order valence-corrected chi connectivity index (χ4v) is 1.53. The first-order chi connectivity index (χ1) is 9.32. The number of hydrogen-bond acceptors (Lipinski definition) is 5. The van der Waals surface area contributed by atoms with Crippen LogP contribution < -0.4 is 4.74 Å². The second kappa shape index (κ2) is 6.80. The number of nitro benzene ring substituents is 1. The molecule has 1 rings (SSSR count). The molecule has 0 saturated carbocycles. The molecule has 0 radical (unpaired) electrons. The van der Waals surface area contributed by atoms with Crippen LogP contribution in [0.2, 0.25) is 0 Å². The molecule has 1 aromatic rings. The van der Waals surface area contributed by atoms with Gasteiger partial charge in [0, 0.05) is 18.7 Å². The molecule has 1 N–H and O–H groups in total. The van der Waals surface area contributed by atoms with Crippen molar-refractivity contribution in [1.82, 2.24) is 4.90 Å². The van der Waals surface area contributed by atoms with E-state index >= 15 is 0 Å². The molecule has 0 aliphatic carbocycles. The van der Waals surface area contributed by atoms with Gasteiger partial charge < -0.3 is 14.7 Å². The molecule has 0 aromatic heterocycles. The monoisotopic (exact) mass is 286 g/mol. The maximum atomic E-state index is 13.5. The van der Waals surface area contributed by atoms with Crippen molar-refractivity contribution in [2.75, 3.05) is 27.2 Å². The van der Waals surface area contributed by atoms with E-state index in [1.807, 2.05) is 19.0 Å². The van der Waals surface area contributed by atoms with Gasteiger partial charge in [0.05, 0.1) is 11.5 Å². The van der Waals surface area contributed by atoms with Gasteiger partial charge in [-0.3, -0.25) is 10.1 Å². The first-order valence-corrected chi connectivity index (χ1v) is 5.81. The van der Waals surface area contributed by atoms with Crippen LogP contribution in [-0.2, 0) is 0 Å². The number of ether oxygens (including phenoxy) is 1. The molecule has 0 bridgehead atoms. The Hall–Kier alpha value is -2.22. The molecule has 0 amide bonds. The molecular formula is C12H15FN2O5. The van der Waals surface area contributed by atoms with Crippen molar-refractivity contribution in [3.05, 3.63) is 33.6 Å². The maximum Gasteiger partial charge on any atom is 0.338 e. The highest BCUT2D eigenvalue weighted by molar-refractivity contribution is 5.89. The number of benzene rings is 1. The number of carboxylic acids is 1. The fourth-order valence-electron chi connectivity index (χ4n) is 1.53. The number of carboxylic acid groups (broad SMARTS) is 1. The number of nitro groups is 1. The highest BCUT2D eigenvalue weighted by atomic mass is 19.1. The SMILES string of the molecule is CN(C)CCCOc1cc(F)c(C(=O)O)cc1[N+](=O)[O-]. The Morgan fingerprint density at radius 1 is 1.50 bits per heavy atom. The van der Waals surface area contributed by atoms with Crippen LogP contribution >= 0.6 is 0 Å². The third kappa shape index (κ3) is 4.16. The van der Waals surface area contributed by atoms with Crippen LogP contribution in [0.25, 0.3) is 0 Å². The van der Waals surface area contributed by atoms with Crippen molar-refractivity contribution < 1.29 is 24.0 Å². The van der Waals surface area contributed by atoms with Gasteiger partial charge in [0.25, 0.3) is 0 Å². The first-order valence-electron chi connectivity index (χ1n) is 5.81. The molecule has 0 aliphatic heterocycles. The number of hydrogen-bond donors (Lipinski definition) is 1. The molecule has 7 nitrogen and oxygen atoms in total. The smallest absolute Gasteiger partial charge is 0.338 e. The summed E-state index contributed by atoms with van der Waals surface area (Å²) in [5.41, 5.74) is -1.31. The number of rotatable bonds is 7. The zero-order valence-corrected chi connectivity index (χ0v) is 11.1. The molecule has 0 heterocycles. The van der Waals surface area contributed by atoms with E-state index in [0.717, 1.165) is 6.07 Å². The van der Waals surface area contributed by atoms with Crippen molar-refractivity contribution >= 4 is 11.7 Å². The van der Waals surface area contributed by atoms with E-state index in [1.54, 1.807) is 0 Å². The molecule has 8 heteroatoms. The van der Waals surface area contributed by atoms with Crippen LogP contribution in [-0.4, -0.2) is 48.1 Å². The standard InChI is InChI=1S/C12H15FN2O5/c1-14(2)4-3-5-20-11-7-9(13)8(12(16)17)6-10(11)15(18)19/h6-7H,3-5H2,1-2H3,(H,16,17). The van der Waals surface area contributed by atoms with Gasteiger partial charge in [0.1, 0.15) is 11.4 Å². The van der Waals surface area contributed by atoms with E-state index in [2.05, 4.69) is 0 Å². The largest absolute Gasteiger partial charge is 0.487 e. The summed E-state index contributed by atoms with van der Waals surface area (Å²) in [6.07, 6.45) is 0.604. The van der Waals surface area contributed by atoms with Crippen molar-refractivity contribution in [2.24, 2.45) is 0 Å². The minimum Gasteiger partial charge on any atom is -0.487 e. The predicted molar refractivity (Wildman–Crippen MR) is 68.7 cm³/mol. The number of aromatic carboxylic acids is 1. The summed E-state index contributed by atoms with van der Waals surface area (Å²) in [4.78, 5) is 22.7. The summed E-state index contributed by atoms with van der Waals surface area (Å²) in [5, 5.41) is 19.6. The summed E-state index contributed by atoms with van der Waals surface area (Å²) >= 11 is 0. The Morgan fingerprint density at radius 3 is 2.65 bits per heavy atom. The number of halogens is 1. The van der Waals surface area contributed by atoms with Gasteiger partial charge in [-0.05, 0) is 20.5 Å². The molecule has 1 aromatic carbocycles. The van der Waals surface area contributed by atoms with Gasteiger partial charge in [-0.25, -0.2) is 9.18 Å². The Kier molecular flexibility index (Phi) is 5.39. The molecule has 0 aliphatic rings. The summed E-state index contributed by atoms with van der Waals surface area (Å²) in [5.74, 6) is -2.90. The average Bonchev–Trinajstić information content (AvgIpc) is 2.33. The third-order valence-corrected chi connectivity index (χ3v) is 2.48. The number of nitrogens with zero attached hydrogens (tertiary/aromatic N) is 2. The van der Waals surface area contributed by atoms with E-state index in [9.17, 15) is 19.3 Å². The van der Waals surface area contributed by atoms with E-state index in [4.69, 9.17) is 9.84 Å². The van der Waals surface area contributed by atoms with Gasteiger partial charge in [-0.2, -0.15) is 0 Å². The zero-order chi connectivity index (χ0) is 15.3. The van der Waals surface area contributed by atoms with Crippen molar-refractivity contribution in [1.29, 1.82) is 0 Å². The lowest BCUT2D eigenvalue weighted by Gasteiger charge is -2.11. The van der Waals surface area contributed by atoms with Crippen LogP contribution in [0.15, 0.2) is 12.1 Å². The van der Waals surface area contributed by atoms with E-state index in [0.29, 0.717) is 19.0 Å². The lowest BCUT2D eigenvalue weighted by molar-refractivity contribution is -0.386. The average molecular weight is 286 g/mol. The van der Waals surface area contributed by atoms with Crippen molar-refractivity contribution in [3.8, 4) is 5.75 Å². The van der Waals surface area contributed by atoms with E-state index in [1.165, 1.54) is 0 Å². The molecule has 0 unspecified atom stereocenters. The maximum absolute atomic E-state index is 13.5. The van der Waals surface area contributed by atoms with Crippen molar-refractivity contribution in [2.45, 2.75) is 6.42 Å². The lowest BCUT2D eigenvalue weighted by atomic mass is 10.1. The molecule has 0 fully saturated rings. The Balaban J connectivity index is 2.92. The normalized spacial score (nSPS) is 10.6. The predicted octanol–water partition coefficient (Wildman–Crippen LogP) is 1.76. The minimum absolute atomic E-state index is 0.172. The van der Waals surface area contributed by atoms with Crippen LogP contribution in [0, 0.1) is 15.9 Å². The van der Waals surface area contributed by atoms with Crippen LogP contribution in [0.5, 0.6) is 5.75 Å². The fraction of sp³-hybridized carbons (Fsp3) is 0.417. The van der Waals surface area contributed by atoms with Crippen LogP contribution in [0.1, 0.15) is 16.8 Å². The van der Waals surface area contributed by atoms with Crippen molar-refractivity contribution in [3.63, 3.8) is 0 Å². The lowest BCUT2D eigenvalue weighted by Crippen LogP contribution is -2.16. The zero-order valence-electron chi connectivity index (χ0n) is 11.1. The molecule has 0 spiro atoms. The molecular weight excluding hydrogens is 271 g/mol. The quantitative estimate of drug-likeness (QED) is 0.466. The minimum atomic E-state index is -1.57.